The Kier molecular flexibility index (Phi) is 7.81. The van der Waals surface area contributed by atoms with E-state index in [-0.39, 0.29) is 11.4 Å². The predicted octanol–water partition coefficient (Wildman–Crippen LogP) is 4.96. The fraction of sp³-hybridized carbons (Fsp3) is 0.345. The molecule has 1 amide bonds. The number of amides is 1. The van der Waals surface area contributed by atoms with Crippen LogP contribution >= 0.6 is 23.2 Å². The highest BCUT2D eigenvalue weighted by Gasteiger charge is 2.28. The normalized spacial score (nSPS) is 15.8. The van der Waals surface area contributed by atoms with Crippen molar-refractivity contribution >= 4 is 40.6 Å². The Bertz CT molecular complexity index is 1480. The molecule has 2 aromatic carbocycles. The third kappa shape index (κ3) is 5.29. The van der Waals surface area contributed by atoms with Crippen LogP contribution in [0.4, 0.5) is 5.69 Å². The lowest BCUT2D eigenvalue weighted by Crippen LogP contribution is -2.57. The first-order valence-electron chi connectivity index (χ1n) is 12.8. The van der Waals surface area contributed by atoms with Gasteiger partial charge in [-0.3, -0.25) is 9.79 Å². The maximum absolute atomic E-state index is 13.2. The second-order valence-corrected chi connectivity index (χ2v) is 11.0. The van der Waals surface area contributed by atoms with Gasteiger partial charge in [0.2, 0.25) is 0 Å². The number of hydrogen-bond donors (Lipinski definition) is 2. The number of nitrogens with one attached hydrogen (secondary N) is 2. The summed E-state index contributed by atoms with van der Waals surface area (Å²) >= 11 is 13.2. The van der Waals surface area contributed by atoms with Crippen LogP contribution in [0.15, 0.2) is 41.4 Å². The molecule has 0 spiro atoms. The number of hydrogen-bond acceptors (Lipinski definition) is 8. The van der Waals surface area contributed by atoms with Gasteiger partial charge in [-0.1, -0.05) is 23.2 Å². The van der Waals surface area contributed by atoms with Gasteiger partial charge in [0.05, 0.1) is 55.0 Å². The van der Waals surface area contributed by atoms with E-state index in [0.717, 1.165) is 30.9 Å². The zero-order valence-corrected chi connectivity index (χ0v) is 24.5. The van der Waals surface area contributed by atoms with Gasteiger partial charge in [0.25, 0.3) is 5.91 Å². The van der Waals surface area contributed by atoms with Gasteiger partial charge in [0.1, 0.15) is 23.1 Å². The Morgan fingerprint density at radius 2 is 1.70 bits per heavy atom. The molecule has 1 fully saturated rings. The quantitative estimate of drug-likeness (QED) is 0.423. The van der Waals surface area contributed by atoms with Crippen molar-refractivity contribution < 1.29 is 19.0 Å². The van der Waals surface area contributed by atoms with E-state index in [4.69, 9.17) is 42.4 Å². The molecule has 2 aliphatic heterocycles. The number of anilines is 1. The Morgan fingerprint density at radius 3 is 2.35 bits per heavy atom. The number of ether oxygens (including phenoxy) is 3. The smallest absolute Gasteiger partial charge is 0.256 e. The monoisotopic (exact) mass is 583 g/mol. The summed E-state index contributed by atoms with van der Waals surface area (Å²) in [5, 5.41) is 7.10. The second kappa shape index (κ2) is 11.2. The number of methoxy groups -OCH3 is 3. The molecule has 5 rings (SSSR count). The molecule has 0 unspecified atom stereocenters. The third-order valence-corrected chi connectivity index (χ3v) is 7.78. The maximum Gasteiger partial charge on any atom is 0.256 e. The lowest BCUT2D eigenvalue weighted by atomic mass is 10.0. The van der Waals surface area contributed by atoms with Gasteiger partial charge >= 0.3 is 0 Å². The SMILES string of the molecule is COc1cc(C(=O)NC2=NCc3nc(-c4c(Cl)c(OC)cc(OC)c4Cl)ccc32)ccc1N1CCNC(C)(C)C1. The Hall–Kier alpha value is -3.53. The highest BCUT2D eigenvalue weighted by atomic mass is 35.5. The van der Waals surface area contributed by atoms with Crippen LogP contribution in [0.25, 0.3) is 11.3 Å². The van der Waals surface area contributed by atoms with E-state index in [1.54, 1.807) is 31.4 Å². The molecule has 0 atom stereocenters. The second-order valence-electron chi connectivity index (χ2n) is 10.2. The number of halogens is 2. The summed E-state index contributed by atoms with van der Waals surface area (Å²) in [6, 6.07) is 10.8. The van der Waals surface area contributed by atoms with Crippen molar-refractivity contribution in [1.29, 1.82) is 0 Å². The molecule has 2 N–H and O–H groups in total. The van der Waals surface area contributed by atoms with E-state index in [9.17, 15) is 4.79 Å². The molecular formula is C29H31Cl2N5O4. The molecule has 0 saturated carbocycles. The Morgan fingerprint density at radius 1 is 1.00 bits per heavy atom. The number of piperazine rings is 1. The van der Waals surface area contributed by atoms with E-state index in [2.05, 4.69) is 34.4 Å². The van der Waals surface area contributed by atoms with Gasteiger partial charge in [-0.05, 0) is 44.2 Å². The highest BCUT2D eigenvalue weighted by Crippen LogP contribution is 2.45. The van der Waals surface area contributed by atoms with Crippen molar-refractivity contribution in [3.05, 3.63) is 63.3 Å². The van der Waals surface area contributed by atoms with E-state index < -0.39 is 0 Å². The van der Waals surface area contributed by atoms with Crippen LogP contribution in [0.3, 0.4) is 0 Å². The Labute approximate surface area is 243 Å². The summed E-state index contributed by atoms with van der Waals surface area (Å²) in [7, 11) is 4.66. The lowest BCUT2D eigenvalue weighted by Gasteiger charge is -2.40. The number of rotatable bonds is 6. The molecule has 2 aliphatic rings. The van der Waals surface area contributed by atoms with Crippen LogP contribution in [0, 0.1) is 0 Å². The minimum Gasteiger partial charge on any atom is -0.495 e. The average molecular weight is 585 g/mol. The summed E-state index contributed by atoms with van der Waals surface area (Å²) in [6.45, 7) is 7.20. The number of aromatic nitrogens is 1. The molecule has 11 heteroatoms. The average Bonchev–Trinajstić information content (AvgIpc) is 3.34. The van der Waals surface area contributed by atoms with Crippen molar-refractivity contribution in [2.45, 2.75) is 25.9 Å². The lowest BCUT2D eigenvalue weighted by molar-refractivity contribution is 0.0977. The van der Waals surface area contributed by atoms with E-state index in [1.807, 2.05) is 12.1 Å². The van der Waals surface area contributed by atoms with Crippen LogP contribution in [0.1, 0.15) is 35.5 Å². The Balaban J connectivity index is 1.37. The van der Waals surface area contributed by atoms with Gasteiger partial charge in [-0.2, -0.15) is 0 Å². The number of fused-ring (bicyclic) bond motifs is 1. The van der Waals surface area contributed by atoms with Crippen LogP contribution in [0.5, 0.6) is 17.2 Å². The van der Waals surface area contributed by atoms with Gasteiger partial charge in [-0.25, -0.2) is 4.98 Å². The number of aliphatic imine (C=N–C) groups is 1. The third-order valence-electron chi connectivity index (χ3n) is 7.03. The number of nitrogens with zero attached hydrogens (tertiary/aromatic N) is 3. The van der Waals surface area contributed by atoms with E-state index in [1.165, 1.54) is 14.2 Å². The fourth-order valence-corrected chi connectivity index (χ4v) is 5.73. The molecule has 210 valence electrons. The number of amidine groups is 1. The summed E-state index contributed by atoms with van der Waals surface area (Å²) in [5.74, 6) is 1.65. The maximum atomic E-state index is 13.2. The highest BCUT2D eigenvalue weighted by molar-refractivity contribution is 6.41. The van der Waals surface area contributed by atoms with Crippen molar-refractivity contribution in [2.75, 3.05) is 45.9 Å². The van der Waals surface area contributed by atoms with Gasteiger partial charge < -0.3 is 29.7 Å². The van der Waals surface area contributed by atoms with E-state index in [0.29, 0.717) is 62.2 Å². The summed E-state index contributed by atoms with van der Waals surface area (Å²) in [4.78, 5) is 24.8. The minimum absolute atomic E-state index is 0.0173. The number of benzene rings is 2. The standard InChI is InChI=1S/C29H31Cl2N5O4/c1-29(2)15-36(11-10-33-29)20-9-6-16(12-21(20)38-3)28(37)35-27-17-7-8-18(34-19(17)14-32-27)24-25(30)22(39-4)13-23(40-5)26(24)31/h6-9,12-13,33H,10-11,14-15H2,1-5H3,(H,32,35,37). The predicted molar refractivity (Wildman–Crippen MR) is 158 cm³/mol. The molecule has 3 heterocycles. The first kappa shape index (κ1) is 28.0. The molecule has 0 radical (unpaired) electrons. The topological polar surface area (TPSA) is 97.3 Å². The molecular weight excluding hydrogens is 553 g/mol. The minimum atomic E-state index is -0.287. The zero-order valence-electron chi connectivity index (χ0n) is 23.0. The largest absolute Gasteiger partial charge is 0.495 e. The molecule has 9 nitrogen and oxygen atoms in total. The van der Waals surface area contributed by atoms with Gasteiger partial charge in [0.15, 0.2) is 0 Å². The molecule has 3 aromatic rings. The molecule has 1 aromatic heterocycles. The summed E-state index contributed by atoms with van der Waals surface area (Å²) in [6.07, 6.45) is 0. The first-order chi connectivity index (χ1) is 19.2. The zero-order chi connectivity index (χ0) is 28.6. The van der Waals surface area contributed by atoms with Crippen LogP contribution in [-0.4, -0.2) is 63.2 Å². The molecule has 0 aliphatic carbocycles. The molecule has 1 saturated heterocycles. The first-order valence-corrected chi connectivity index (χ1v) is 13.6. The van der Waals surface area contributed by atoms with Gasteiger partial charge in [0, 0.05) is 47.9 Å². The van der Waals surface area contributed by atoms with Crippen LogP contribution < -0.4 is 29.7 Å². The van der Waals surface area contributed by atoms with Crippen LogP contribution in [0.2, 0.25) is 10.0 Å². The van der Waals surface area contributed by atoms with E-state index >= 15 is 0 Å². The van der Waals surface area contributed by atoms with Crippen LogP contribution in [-0.2, 0) is 6.54 Å². The van der Waals surface area contributed by atoms with Crippen molar-refractivity contribution in [3.8, 4) is 28.5 Å². The van der Waals surface area contributed by atoms with Crippen molar-refractivity contribution in [2.24, 2.45) is 4.99 Å². The van der Waals surface area contributed by atoms with Crippen molar-refractivity contribution in [3.63, 3.8) is 0 Å². The fourth-order valence-electron chi connectivity index (χ4n) is 5.04. The van der Waals surface area contributed by atoms with Crippen molar-refractivity contribution in [1.82, 2.24) is 15.6 Å². The number of pyridine rings is 1. The number of carbonyl (C=O) groups excluding carboxylic acids is 1. The van der Waals surface area contributed by atoms with Gasteiger partial charge in [-0.15, -0.1) is 0 Å². The molecule has 40 heavy (non-hydrogen) atoms. The number of carbonyl (C=O) groups is 1. The summed E-state index contributed by atoms with van der Waals surface area (Å²) < 4.78 is 16.4. The summed E-state index contributed by atoms with van der Waals surface area (Å²) in [5.41, 5.74) is 3.88. The molecule has 0 bridgehead atoms.